The van der Waals surface area contributed by atoms with Crippen molar-refractivity contribution in [2.75, 3.05) is 38.1 Å². The molecule has 0 unspecified atom stereocenters. The van der Waals surface area contributed by atoms with Crippen LogP contribution in [0.3, 0.4) is 0 Å². The number of amides is 1. The molecule has 0 saturated carbocycles. The number of aromatic nitrogens is 3. The fourth-order valence-electron chi connectivity index (χ4n) is 3.93. The van der Waals surface area contributed by atoms with Crippen LogP contribution in [-0.4, -0.2) is 58.6 Å². The molecule has 0 spiro atoms. The van der Waals surface area contributed by atoms with Crippen molar-refractivity contribution >= 4 is 22.6 Å². The molecule has 0 atom stereocenters. The molecule has 9 nitrogen and oxygen atoms in total. The van der Waals surface area contributed by atoms with Gasteiger partial charge in [-0.05, 0) is 36.8 Å². The predicted molar refractivity (Wildman–Crippen MR) is 120 cm³/mol. The van der Waals surface area contributed by atoms with Crippen molar-refractivity contribution in [2.24, 2.45) is 0 Å². The number of hydrogen-bond donors (Lipinski definition) is 2. The fraction of sp³-hybridized carbons (Fsp3) is 0.364. The van der Waals surface area contributed by atoms with Crippen LogP contribution in [0.15, 0.2) is 46.1 Å². The van der Waals surface area contributed by atoms with Crippen LogP contribution in [0.1, 0.15) is 22.8 Å². The van der Waals surface area contributed by atoms with Crippen molar-refractivity contribution < 1.29 is 4.79 Å². The first-order valence-electron chi connectivity index (χ1n) is 10.4. The number of piperazine rings is 1. The summed E-state index contributed by atoms with van der Waals surface area (Å²) in [6.07, 6.45) is 1.60. The molecule has 9 heteroatoms. The third-order valence-electron chi connectivity index (χ3n) is 5.70. The fourth-order valence-corrected chi connectivity index (χ4v) is 3.93. The number of carbonyl (C=O) groups excluding carboxylic acids is 1. The summed E-state index contributed by atoms with van der Waals surface area (Å²) < 4.78 is 1.20. The largest absolute Gasteiger partial charge is 0.355 e. The van der Waals surface area contributed by atoms with Gasteiger partial charge in [0, 0.05) is 52.5 Å². The Morgan fingerprint density at radius 3 is 2.55 bits per heavy atom. The lowest BCUT2D eigenvalue weighted by molar-refractivity contribution is 0.0962. The van der Waals surface area contributed by atoms with Crippen LogP contribution in [0.4, 0.5) is 5.82 Å². The molecule has 162 valence electrons. The lowest BCUT2D eigenvalue weighted by Crippen LogP contribution is -2.46. The summed E-state index contributed by atoms with van der Waals surface area (Å²) in [7, 11) is 1.60. The number of carbonyl (C=O) groups is 1. The van der Waals surface area contributed by atoms with Crippen LogP contribution in [0.25, 0.3) is 10.9 Å². The Balaban J connectivity index is 1.42. The maximum atomic E-state index is 12.4. The highest BCUT2D eigenvalue weighted by Crippen LogP contribution is 2.17. The minimum Gasteiger partial charge on any atom is -0.355 e. The van der Waals surface area contributed by atoms with Crippen LogP contribution in [0.5, 0.6) is 0 Å². The SMILES string of the molecule is CCn1c(=O)[nH]c2cc(CN3CCN(c4ccc(C(=O)NC)cn4)CC3)ccc2c1=O. The van der Waals surface area contributed by atoms with Crippen LogP contribution in [0, 0.1) is 0 Å². The molecule has 2 N–H and O–H groups in total. The van der Waals surface area contributed by atoms with Crippen LogP contribution in [-0.2, 0) is 13.1 Å². The number of nitrogens with one attached hydrogen (secondary N) is 2. The molecule has 1 amide bonds. The smallest absolute Gasteiger partial charge is 0.328 e. The average Bonchev–Trinajstić information content (AvgIpc) is 2.79. The van der Waals surface area contributed by atoms with Crippen molar-refractivity contribution in [3.63, 3.8) is 0 Å². The van der Waals surface area contributed by atoms with E-state index in [1.165, 1.54) is 4.57 Å². The van der Waals surface area contributed by atoms with E-state index in [2.05, 4.69) is 25.1 Å². The molecule has 3 aromatic rings. The van der Waals surface area contributed by atoms with Crippen molar-refractivity contribution in [3.05, 3.63) is 68.5 Å². The third-order valence-corrected chi connectivity index (χ3v) is 5.70. The maximum Gasteiger partial charge on any atom is 0.328 e. The molecule has 2 aromatic heterocycles. The maximum absolute atomic E-state index is 12.4. The first-order chi connectivity index (χ1) is 15.0. The third kappa shape index (κ3) is 4.22. The van der Waals surface area contributed by atoms with Gasteiger partial charge in [-0.3, -0.25) is 19.1 Å². The molecule has 0 radical (unpaired) electrons. The molecule has 1 fully saturated rings. The van der Waals surface area contributed by atoms with E-state index in [1.807, 2.05) is 18.2 Å². The number of anilines is 1. The monoisotopic (exact) mass is 422 g/mol. The van der Waals surface area contributed by atoms with Gasteiger partial charge in [0.05, 0.1) is 16.5 Å². The number of rotatable bonds is 5. The van der Waals surface area contributed by atoms with Gasteiger partial charge in [-0.1, -0.05) is 6.07 Å². The lowest BCUT2D eigenvalue weighted by atomic mass is 10.1. The quantitative estimate of drug-likeness (QED) is 0.630. The number of benzene rings is 1. The van der Waals surface area contributed by atoms with Crippen molar-refractivity contribution in [1.82, 2.24) is 24.8 Å². The molecule has 31 heavy (non-hydrogen) atoms. The number of H-pyrrole nitrogens is 1. The van der Waals surface area contributed by atoms with Crippen molar-refractivity contribution in [1.29, 1.82) is 0 Å². The Labute approximate surface area is 179 Å². The molecule has 4 rings (SSSR count). The predicted octanol–water partition coefficient (Wildman–Crippen LogP) is 0.787. The molecule has 3 heterocycles. The minimum absolute atomic E-state index is 0.144. The van der Waals surface area contributed by atoms with E-state index in [0.717, 1.165) is 44.1 Å². The Morgan fingerprint density at radius 1 is 1.13 bits per heavy atom. The topological polar surface area (TPSA) is 103 Å². The molecule has 1 aliphatic heterocycles. The summed E-state index contributed by atoms with van der Waals surface area (Å²) in [5.74, 6) is 0.719. The highest BCUT2D eigenvalue weighted by atomic mass is 16.2. The molecule has 1 saturated heterocycles. The van der Waals surface area contributed by atoms with Gasteiger partial charge in [0.15, 0.2) is 0 Å². The molecule has 0 bridgehead atoms. The van der Waals surface area contributed by atoms with Gasteiger partial charge >= 0.3 is 5.69 Å². The molecular formula is C22H26N6O3. The summed E-state index contributed by atoms with van der Waals surface area (Å²) in [6.45, 7) is 6.26. The number of fused-ring (bicyclic) bond motifs is 1. The molecule has 1 aliphatic rings. The van der Waals surface area contributed by atoms with E-state index >= 15 is 0 Å². The summed E-state index contributed by atoms with van der Waals surface area (Å²) in [4.78, 5) is 48.0. The average molecular weight is 422 g/mol. The zero-order valence-corrected chi connectivity index (χ0v) is 17.7. The van der Waals surface area contributed by atoms with Crippen molar-refractivity contribution in [3.8, 4) is 0 Å². The standard InChI is InChI=1S/C22H26N6O3/c1-3-28-21(30)17-6-4-15(12-18(17)25-22(28)31)14-26-8-10-27(11-9-26)19-7-5-16(13-24-19)20(29)23-2/h4-7,12-13H,3,8-11,14H2,1-2H3,(H,23,29)(H,25,31). The summed E-state index contributed by atoms with van der Waals surface area (Å²) >= 11 is 0. The van der Waals surface area contributed by atoms with Gasteiger partial charge in [0.2, 0.25) is 0 Å². The molecule has 1 aromatic carbocycles. The second-order valence-corrected chi connectivity index (χ2v) is 7.61. The number of hydrogen-bond acceptors (Lipinski definition) is 6. The Bertz CT molecular complexity index is 1210. The molecule has 0 aliphatic carbocycles. The van der Waals surface area contributed by atoms with Gasteiger partial charge in [0.1, 0.15) is 5.82 Å². The van der Waals surface area contributed by atoms with Crippen LogP contribution >= 0.6 is 0 Å². The highest BCUT2D eigenvalue weighted by molar-refractivity contribution is 5.93. The van der Waals surface area contributed by atoms with Crippen LogP contribution < -0.4 is 21.5 Å². The van der Waals surface area contributed by atoms with Gasteiger partial charge in [-0.25, -0.2) is 9.78 Å². The van der Waals surface area contributed by atoms with E-state index in [-0.39, 0.29) is 17.2 Å². The summed E-state index contributed by atoms with van der Waals surface area (Å²) in [5.41, 5.74) is 1.55. The summed E-state index contributed by atoms with van der Waals surface area (Å²) in [6, 6.07) is 9.30. The number of nitrogens with zero attached hydrogens (tertiary/aromatic N) is 4. The minimum atomic E-state index is -0.374. The zero-order chi connectivity index (χ0) is 22.0. The zero-order valence-electron chi connectivity index (χ0n) is 17.7. The Hall–Kier alpha value is -3.46. The van der Waals surface area contributed by atoms with Gasteiger partial charge in [-0.15, -0.1) is 0 Å². The lowest BCUT2D eigenvalue weighted by Gasteiger charge is -2.35. The van der Waals surface area contributed by atoms with E-state index < -0.39 is 0 Å². The Morgan fingerprint density at radius 2 is 1.90 bits per heavy atom. The van der Waals surface area contributed by atoms with E-state index in [4.69, 9.17) is 0 Å². The van der Waals surface area contributed by atoms with Gasteiger partial charge < -0.3 is 15.2 Å². The second kappa shape index (κ2) is 8.73. The Kier molecular flexibility index (Phi) is 5.85. The normalized spacial score (nSPS) is 14.7. The van der Waals surface area contributed by atoms with Gasteiger partial charge in [0.25, 0.3) is 11.5 Å². The van der Waals surface area contributed by atoms with E-state index in [0.29, 0.717) is 23.0 Å². The first kappa shape index (κ1) is 20.8. The first-order valence-corrected chi connectivity index (χ1v) is 10.4. The van der Waals surface area contributed by atoms with Crippen molar-refractivity contribution in [2.45, 2.75) is 20.0 Å². The van der Waals surface area contributed by atoms with Gasteiger partial charge in [-0.2, -0.15) is 0 Å². The molecular weight excluding hydrogens is 396 g/mol. The van der Waals surface area contributed by atoms with Crippen LogP contribution in [0.2, 0.25) is 0 Å². The summed E-state index contributed by atoms with van der Waals surface area (Å²) in [5, 5.41) is 3.12. The van der Waals surface area contributed by atoms with E-state index in [9.17, 15) is 14.4 Å². The number of pyridine rings is 1. The highest BCUT2D eigenvalue weighted by Gasteiger charge is 2.19. The second-order valence-electron chi connectivity index (χ2n) is 7.61. The number of aromatic amines is 1. The van der Waals surface area contributed by atoms with E-state index in [1.54, 1.807) is 32.3 Å².